The van der Waals surface area contributed by atoms with Crippen molar-refractivity contribution < 1.29 is 28.7 Å². The molecular formula is C52H47N3O6S2. The Hall–Kier alpha value is -6.56. The van der Waals surface area contributed by atoms with Gasteiger partial charge >= 0.3 is 12.1 Å². The van der Waals surface area contributed by atoms with E-state index in [-0.39, 0.29) is 5.70 Å². The zero-order valence-corrected chi connectivity index (χ0v) is 36.7. The van der Waals surface area contributed by atoms with Crippen LogP contribution in [0.25, 0.3) is 0 Å². The molecule has 0 saturated carbocycles. The van der Waals surface area contributed by atoms with Gasteiger partial charge in [0.15, 0.2) is 6.10 Å². The number of carbonyl (C=O) groups excluding carboxylic acids is 4. The van der Waals surface area contributed by atoms with Crippen LogP contribution in [0.3, 0.4) is 0 Å². The van der Waals surface area contributed by atoms with E-state index in [2.05, 4.69) is 47.0 Å². The molecule has 2 aliphatic rings. The van der Waals surface area contributed by atoms with Crippen molar-refractivity contribution >= 4 is 47.4 Å². The monoisotopic (exact) mass is 873 g/mol. The summed E-state index contributed by atoms with van der Waals surface area (Å²) < 4.78 is 11.2. The molecular weight excluding hydrogens is 827 g/mol. The van der Waals surface area contributed by atoms with Crippen LogP contribution in [-0.2, 0) is 28.6 Å². The number of hydrogen-bond acceptors (Lipinski definition) is 8. The van der Waals surface area contributed by atoms with Crippen LogP contribution in [-0.4, -0.2) is 51.5 Å². The smallest absolute Gasteiger partial charge is 0.408 e. The molecule has 0 radical (unpaired) electrons. The Morgan fingerprint density at radius 1 is 0.651 bits per heavy atom. The van der Waals surface area contributed by atoms with Gasteiger partial charge in [-0.2, -0.15) is 0 Å². The molecule has 2 N–H and O–H groups in total. The topological polar surface area (TPSA) is 114 Å². The van der Waals surface area contributed by atoms with Crippen LogP contribution in [0.15, 0.2) is 193 Å². The summed E-state index contributed by atoms with van der Waals surface area (Å²) in [5.41, 5.74) is 4.31. The van der Waals surface area contributed by atoms with Crippen molar-refractivity contribution in [3.8, 4) is 0 Å². The molecule has 9 nitrogen and oxygen atoms in total. The van der Waals surface area contributed by atoms with E-state index in [1.54, 1.807) is 45.0 Å². The van der Waals surface area contributed by atoms with Gasteiger partial charge in [-0.15, -0.1) is 23.5 Å². The summed E-state index contributed by atoms with van der Waals surface area (Å²) >= 11 is 2.97. The molecule has 1 fully saturated rings. The van der Waals surface area contributed by atoms with Crippen molar-refractivity contribution in [2.45, 2.75) is 54.7 Å². The van der Waals surface area contributed by atoms with Crippen LogP contribution in [0.1, 0.15) is 66.3 Å². The molecule has 2 aliphatic heterocycles. The number of ether oxygens (including phenoxy) is 2. The fourth-order valence-electron chi connectivity index (χ4n) is 7.89. The SMILES string of the molecule is CC(C)(C)OC(=O)NC(C(=O)N[C@@H]1C(=O)N2C(C(=O)OC(c3ccccc3)c3ccccc3)=C(SC(c3ccccc3)(c3ccccc3)c3ccccc3)CS[C@@H]12)c1ccccc1. The number of thioether (sulfide) groups is 2. The van der Waals surface area contributed by atoms with Crippen LogP contribution in [0, 0.1) is 0 Å². The number of nitrogens with zero attached hydrogens (tertiary/aromatic N) is 1. The highest BCUT2D eigenvalue weighted by atomic mass is 32.2. The Morgan fingerprint density at radius 2 is 1.08 bits per heavy atom. The highest BCUT2D eigenvalue weighted by Gasteiger charge is 2.56. The number of nitrogens with one attached hydrogen (secondary N) is 2. The van der Waals surface area contributed by atoms with Crippen molar-refractivity contribution in [1.82, 2.24) is 15.5 Å². The first kappa shape index (κ1) is 43.1. The molecule has 0 aromatic heterocycles. The van der Waals surface area contributed by atoms with Crippen molar-refractivity contribution in [3.05, 3.63) is 226 Å². The highest BCUT2D eigenvalue weighted by Crippen LogP contribution is 2.55. The first-order chi connectivity index (χ1) is 30.5. The summed E-state index contributed by atoms with van der Waals surface area (Å²) in [6.07, 6.45) is -1.56. The molecule has 0 spiro atoms. The van der Waals surface area contributed by atoms with Gasteiger partial charge in [-0.1, -0.05) is 182 Å². The molecule has 6 aromatic carbocycles. The number of hydrogen-bond donors (Lipinski definition) is 2. The molecule has 0 aliphatic carbocycles. The fourth-order valence-corrected chi connectivity index (χ4v) is 10.9. The van der Waals surface area contributed by atoms with Crippen LogP contribution >= 0.6 is 23.5 Å². The highest BCUT2D eigenvalue weighted by molar-refractivity contribution is 8.07. The van der Waals surface area contributed by atoms with Crippen molar-refractivity contribution in [2.24, 2.45) is 0 Å². The van der Waals surface area contributed by atoms with Gasteiger partial charge < -0.3 is 20.1 Å². The van der Waals surface area contributed by atoms with Crippen LogP contribution in [0.2, 0.25) is 0 Å². The first-order valence-corrected chi connectivity index (χ1v) is 22.6. The van der Waals surface area contributed by atoms with E-state index >= 15 is 4.79 Å². The van der Waals surface area contributed by atoms with E-state index in [4.69, 9.17) is 9.47 Å². The molecule has 6 aromatic rings. The van der Waals surface area contributed by atoms with E-state index < -0.39 is 57.8 Å². The lowest BCUT2D eigenvalue weighted by molar-refractivity contribution is -0.154. The Kier molecular flexibility index (Phi) is 12.9. The minimum absolute atomic E-state index is 0.120. The molecule has 318 valence electrons. The number of esters is 1. The quantitative estimate of drug-likeness (QED) is 0.0670. The fraction of sp³-hybridized carbons (Fsp3) is 0.192. The number of alkyl carbamates (subject to hydrolysis) is 1. The Balaban J connectivity index is 1.21. The zero-order valence-electron chi connectivity index (χ0n) is 35.1. The summed E-state index contributed by atoms with van der Waals surface area (Å²) in [5, 5.41) is 4.96. The zero-order chi connectivity index (χ0) is 44.0. The lowest BCUT2D eigenvalue weighted by atomic mass is 9.84. The van der Waals surface area contributed by atoms with Gasteiger partial charge in [0.2, 0.25) is 5.91 Å². The van der Waals surface area contributed by atoms with E-state index in [1.807, 2.05) is 121 Å². The Morgan fingerprint density at radius 3 is 1.52 bits per heavy atom. The van der Waals surface area contributed by atoms with E-state index in [0.29, 0.717) is 16.2 Å². The minimum Gasteiger partial charge on any atom is -0.448 e. The molecule has 3 atom stereocenters. The molecule has 1 unspecified atom stereocenters. The molecule has 0 bridgehead atoms. The third-order valence-corrected chi connectivity index (χ3v) is 13.8. The first-order valence-electron chi connectivity index (χ1n) is 20.7. The average Bonchev–Trinajstić information content (AvgIpc) is 3.31. The predicted molar refractivity (Wildman–Crippen MR) is 248 cm³/mol. The number of benzene rings is 6. The second kappa shape index (κ2) is 18.8. The summed E-state index contributed by atoms with van der Waals surface area (Å²) in [4.78, 5) is 59.2. The number of rotatable bonds is 13. The van der Waals surface area contributed by atoms with Gasteiger partial charge in [-0.25, -0.2) is 9.59 Å². The van der Waals surface area contributed by atoms with E-state index in [1.165, 1.54) is 28.4 Å². The largest absolute Gasteiger partial charge is 0.448 e. The summed E-state index contributed by atoms with van der Waals surface area (Å²) in [7, 11) is 0. The molecule has 2 heterocycles. The second-order valence-electron chi connectivity index (χ2n) is 16.1. The summed E-state index contributed by atoms with van der Waals surface area (Å²) in [5.74, 6) is -1.42. The maximum atomic E-state index is 15.2. The third kappa shape index (κ3) is 9.31. The second-order valence-corrected chi connectivity index (χ2v) is 18.6. The lowest BCUT2D eigenvalue weighted by Gasteiger charge is -2.50. The number of amides is 3. The summed E-state index contributed by atoms with van der Waals surface area (Å²) in [6.45, 7) is 5.21. The maximum absolute atomic E-state index is 15.2. The maximum Gasteiger partial charge on any atom is 0.408 e. The normalized spacial score (nSPS) is 16.6. The number of β-lactam (4-membered cyclic amide) rings is 1. The predicted octanol–water partition coefficient (Wildman–Crippen LogP) is 9.92. The third-order valence-electron chi connectivity index (χ3n) is 10.7. The van der Waals surface area contributed by atoms with Crippen molar-refractivity contribution in [2.75, 3.05) is 5.75 Å². The Labute approximate surface area is 376 Å². The van der Waals surface area contributed by atoms with Gasteiger partial charge in [-0.05, 0) is 54.2 Å². The van der Waals surface area contributed by atoms with Gasteiger partial charge in [0.1, 0.15) is 28.8 Å². The van der Waals surface area contributed by atoms with E-state index in [0.717, 1.165) is 27.8 Å². The molecule has 63 heavy (non-hydrogen) atoms. The van der Waals surface area contributed by atoms with Gasteiger partial charge in [0.25, 0.3) is 5.91 Å². The standard InChI is InChI=1S/C52H47N3O6S2/c1-51(2,3)61-50(59)54-42(35-22-10-4-11-23-35)46(56)53-43-47(57)55-44(49(58)60-45(36-24-12-5-13-25-36)37-26-14-6-15-27-37)41(34-62-48(43)55)63-52(38-28-16-7-17-29-38,39-30-18-8-19-31-39)40-32-20-9-21-33-40/h4-33,42-43,45,48H,34H2,1-3H3,(H,53,56)(H,54,59)/t42?,43-,48+/m1/s1. The molecule has 8 rings (SSSR count). The summed E-state index contributed by atoms with van der Waals surface area (Å²) in [6, 6.07) is 56.1. The Bertz CT molecular complexity index is 2440. The van der Waals surface area contributed by atoms with Crippen molar-refractivity contribution in [1.29, 1.82) is 0 Å². The van der Waals surface area contributed by atoms with Gasteiger partial charge in [0, 0.05) is 10.7 Å². The minimum atomic E-state index is -1.16. The average molecular weight is 874 g/mol. The van der Waals surface area contributed by atoms with Gasteiger partial charge in [0.05, 0.1) is 4.75 Å². The van der Waals surface area contributed by atoms with Crippen molar-refractivity contribution in [3.63, 3.8) is 0 Å². The molecule has 11 heteroatoms. The van der Waals surface area contributed by atoms with Gasteiger partial charge in [-0.3, -0.25) is 14.5 Å². The number of fused-ring (bicyclic) bond motifs is 1. The van der Waals surface area contributed by atoms with E-state index in [9.17, 15) is 14.4 Å². The van der Waals surface area contributed by atoms with Crippen LogP contribution in [0.4, 0.5) is 4.79 Å². The van der Waals surface area contributed by atoms with Crippen LogP contribution < -0.4 is 10.6 Å². The number of carbonyl (C=O) groups is 4. The molecule has 1 saturated heterocycles. The van der Waals surface area contributed by atoms with Crippen LogP contribution in [0.5, 0.6) is 0 Å². The lowest BCUT2D eigenvalue weighted by Crippen LogP contribution is -2.71. The molecule has 3 amide bonds.